The number of furan rings is 2. The summed E-state index contributed by atoms with van der Waals surface area (Å²) in [6.07, 6.45) is 0. The first-order valence-electron chi connectivity index (χ1n) is 13.2. The Hall–Kier alpha value is -5.59. The number of nitrogens with zero attached hydrogens (tertiary/aromatic N) is 1. The fraction of sp³-hybridized carbons (Fsp3) is 0. The summed E-state index contributed by atoms with van der Waals surface area (Å²) in [6.45, 7) is 0. The molecule has 0 aliphatic rings. The van der Waals surface area contributed by atoms with Gasteiger partial charge < -0.3 is 8.83 Å². The highest BCUT2D eigenvalue weighted by Crippen LogP contribution is 2.42. The smallest absolute Gasteiger partial charge is 0.143 e. The van der Waals surface area contributed by atoms with Crippen molar-refractivity contribution < 1.29 is 8.83 Å². The first-order chi connectivity index (χ1) is 19.8. The minimum atomic E-state index is 0.631. The van der Waals surface area contributed by atoms with E-state index < -0.39 is 0 Å². The van der Waals surface area contributed by atoms with Crippen molar-refractivity contribution in [2.75, 3.05) is 0 Å². The fourth-order valence-electron chi connectivity index (χ4n) is 5.86. The van der Waals surface area contributed by atoms with Gasteiger partial charge in [-0.1, -0.05) is 78.9 Å². The van der Waals surface area contributed by atoms with E-state index in [9.17, 15) is 5.26 Å². The largest absolute Gasteiger partial charge is 0.456 e. The van der Waals surface area contributed by atoms with Crippen molar-refractivity contribution in [3.63, 3.8) is 0 Å². The van der Waals surface area contributed by atoms with Gasteiger partial charge in [-0.05, 0) is 76.3 Å². The van der Waals surface area contributed by atoms with Gasteiger partial charge >= 0.3 is 0 Å². The van der Waals surface area contributed by atoms with Crippen LogP contribution in [0, 0.1) is 11.3 Å². The van der Waals surface area contributed by atoms with E-state index in [2.05, 4.69) is 66.7 Å². The summed E-state index contributed by atoms with van der Waals surface area (Å²) in [5, 5.41) is 14.0. The van der Waals surface area contributed by atoms with Gasteiger partial charge in [-0.15, -0.1) is 0 Å². The van der Waals surface area contributed by atoms with Crippen LogP contribution in [-0.2, 0) is 0 Å². The number of nitriles is 1. The molecule has 0 atom stereocenters. The van der Waals surface area contributed by atoms with Crippen LogP contribution in [0.15, 0.2) is 136 Å². The topological polar surface area (TPSA) is 50.1 Å². The lowest BCUT2D eigenvalue weighted by Gasteiger charge is -2.13. The minimum Gasteiger partial charge on any atom is -0.456 e. The average molecular weight is 512 g/mol. The molecule has 2 aromatic heterocycles. The summed E-state index contributed by atoms with van der Waals surface area (Å²) in [7, 11) is 0. The first-order valence-corrected chi connectivity index (χ1v) is 13.2. The maximum absolute atomic E-state index is 9.58. The second kappa shape index (κ2) is 8.73. The molecule has 0 saturated heterocycles. The van der Waals surface area contributed by atoms with E-state index in [0.717, 1.165) is 77.3 Å². The molecule has 0 N–H and O–H groups in total. The zero-order chi connectivity index (χ0) is 26.6. The highest BCUT2D eigenvalue weighted by atomic mass is 16.3. The lowest BCUT2D eigenvalue weighted by Crippen LogP contribution is -1.88. The molecule has 40 heavy (non-hydrogen) atoms. The average Bonchev–Trinajstić information content (AvgIpc) is 3.59. The highest BCUT2D eigenvalue weighted by Gasteiger charge is 2.17. The van der Waals surface area contributed by atoms with Gasteiger partial charge in [0.2, 0.25) is 0 Å². The Balaban J connectivity index is 1.44. The molecule has 0 aliphatic carbocycles. The SMILES string of the molecule is N#Cc1cccc(-c2cc(-c3cccc4c3oc3ccccc34)cc(-c3cccc4oc5ccccc5c34)c2)c1. The van der Waals surface area contributed by atoms with E-state index in [-0.39, 0.29) is 0 Å². The van der Waals surface area contributed by atoms with Crippen molar-refractivity contribution >= 4 is 43.9 Å². The molecule has 186 valence electrons. The van der Waals surface area contributed by atoms with E-state index in [0.29, 0.717) is 5.56 Å². The molecular weight excluding hydrogens is 490 g/mol. The quantitative estimate of drug-likeness (QED) is 0.237. The third kappa shape index (κ3) is 3.44. The van der Waals surface area contributed by atoms with E-state index in [1.165, 1.54) is 0 Å². The summed E-state index contributed by atoms with van der Waals surface area (Å²) in [5.74, 6) is 0. The van der Waals surface area contributed by atoms with Gasteiger partial charge in [0.25, 0.3) is 0 Å². The third-order valence-corrected chi connectivity index (χ3v) is 7.69. The monoisotopic (exact) mass is 511 g/mol. The molecule has 0 spiro atoms. The van der Waals surface area contributed by atoms with Gasteiger partial charge in [-0.25, -0.2) is 0 Å². The Morgan fingerprint density at radius 2 is 1.07 bits per heavy atom. The fourth-order valence-corrected chi connectivity index (χ4v) is 5.86. The zero-order valence-electron chi connectivity index (χ0n) is 21.4. The molecule has 0 amide bonds. The maximum Gasteiger partial charge on any atom is 0.143 e. The van der Waals surface area contributed by atoms with Crippen LogP contribution in [0.25, 0.3) is 77.3 Å². The minimum absolute atomic E-state index is 0.631. The molecule has 6 aromatic carbocycles. The van der Waals surface area contributed by atoms with Crippen LogP contribution in [0.3, 0.4) is 0 Å². The van der Waals surface area contributed by atoms with Crippen molar-refractivity contribution in [2.45, 2.75) is 0 Å². The van der Waals surface area contributed by atoms with Gasteiger partial charge in [0.05, 0.1) is 11.6 Å². The summed E-state index contributed by atoms with van der Waals surface area (Å²) >= 11 is 0. The van der Waals surface area contributed by atoms with E-state index in [1.54, 1.807) is 0 Å². The van der Waals surface area contributed by atoms with Crippen molar-refractivity contribution in [3.8, 4) is 39.4 Å². The number of fused-ring (bicyclic) bond motifs is 6. The van der Waals surface area contributed by atoms with Crippen LogP contribution in [-0.4, -0.2) is 0 Å². The number of para-hydroxylation sites is 3. The Bertz CT molecular complexity index is 2290. The molecule has 3 nitrogen and oxygen atoms in total. The number of hydrogen-bond acceptors (Lipinski definition) is 3. The molecule has 2 heterocycles. The molecule has 8 aromatic rings. The predicted octanol–water partition coefficient (Wildman–Crippen LogP) is 10.4. The summed E-state index contributed by atoms with van der Waals surface area (Å²) in [4.78, 5) is 0. The highest BCUT2D eigenvalue weighted by molar-refractivity contribution is 6.13. The molecule has 0 saturated carbocycles. The van der Waals surface area contributed by atoms with Crippen LogP contribution in [0.2, 0.25) is 0 Å². The second-order valence-corrected chi connectivity index (χ2v) is 10.0. The Kier molecular flexibility index (Phi) is 4.89. The van der Waals surface area contributed by atoms with Crippen LogP contribution in [0.5, 0.6) is 0 Å². The molecule has 0 aliphatic heterocycles. The molecule has 0 unspecified atom stereocenters. The summed E-state index contributed by atoms with van der Waals surface area (Å²) in [5.41, 5.74) is 10.4. The Labute approximate surface area is 230 Å². The van der Waals surface area contributed by atoms with E-state index >= 15 is 0 Å². The summed E-state index contributed by atoms with van der Waals surface area (Å²) in [6, 6.07) is 45.5. The summed E-state index contributed by atoms with van der Waals surface area (Å²) < 4.78 is 12.6. The molecule has 0 fully saturated rings. The molecular formula is C37H21NO2. The molecule has 0 bridgehead atoms. The number of hydrogen-bond donors (Lipinski definition) is 0. The van der Waals surface area contributed by atoms with Crippen molar-refractivity contribution in [1.82, 2.24) is 0 Å². The van der Waals surface area contributed by atoms with E-state index in [1.807, 2.05) is 66.7 Å². The lowest BCUT2D eigenvalue weighted by atomic mass is 9.91. The second-order valence-electron chi connectivity index (χ2n) is 10.0. The van der Waals surface area contributed by atoms with Gasteiger partial charge in [-0.2, -0.15) is 5.26 Å². The van der Waals surface area contributed by atoms with Crippen LogP contribution in [0.1, 0.15) is 5.56 Å². The van der Waals surface area contributed by atoms with Crippen LogP contribution in [0.4, 0.5) is 0 Å². The van der Waals surface area contributed by atoms with Crippen molar-refractivity contribution in [1.29, 1.82) is 5.26 Å². The first kappa shape index (κ1) is 22.4. The van der Waals surface area contributed by atoms with Crippen LogP contribution >= 0.6 is 0 Å². The van der Waals surface area contributed by atoms with Crippen molar-refractivity contribution in [2.24, 2.45) is 0 Å². The Morgan fingerprint density at radius 3 is 1.93 bits per heavy atom. The predicted molar refractivity (Wildman–Crippen MR) is 162 cm³/mol. The maximum atomic E-state index is 9.58. The molecule has 8 rings (SSSR count). The number of rotatable bonds is 3. The van der Waals surface area contributed by atoms with Crippen LogP contribution < -0.4 is 0 Å². The van der Waals surface area contributed by atoms with E-state index in [4.69, 9.17) is 8.83 Å². The van der Waals surface area contributed by atoms with Gasteiger partial charge in [0.1, 0.15) is 22.3 Å². The van der Waals surface area contributed by atoms with Gasteiger partial charge in [-0.3, -0.25) is 0 Å². The number of benzene rings is 6. The zero-order valence-corrected chi connectivity index (χ0v) is 21.4. The molecule has 0 radical (unpaired) electrons. The van der Waals surface area contributed by atoms with Gasteiger partial charge in [0, 0.05) is 27.1 Å². The van der Waals surface area contributed by atoms with Gasteiger partial charge in [0.15, 0.2) is 0 Å². The van der Waals surface area contributed by atoms with Crippen molar-refractivity contribution in [3.05, 3.63) is 133 Å². The normalized spacial score (nSPS) is 11.5. The lowest BCUT2D eigenvalue weighted by molar-refractivity contribution is 0.669. The standard InChI is InChI=1S/C37H21NO2/c38-22-23-8-5-9-24(18-23)25-19-26(28-12-7-17-35-36(28)32-11-2-4-16-34(32)39-35)21-27(20-25)29-13-6-14-31-30-10-1-3-15-33(30)40-37(29)31/h1-21H. The third-order valence-electron chi connectivity index (χ3n) is 7.69. The Morgan fingerprint density at radius 1 is 0.450 bits per heavy atom. The molecule has 3 heteroatoms.